The van der Waals surface area contributed by atoms with Crippen LogP contribution in [0, 0.1) is 12.3 Å². The van der Waals surface area contributed by atoms with Crippen LogP contribution >= 0.6 is 0 Å². The van der Waals surface area contributed by atoms with Crippen molar-refractivity contribution in [3.8, 4) is 0 Å². The minimum Gasteiger partial charge on any atom is -0.349 e. The Morgan fingerprint density at radius 1 is 1.56 bits per heavy atom. The molecule has 1 aromatic heterocycles. The maximum Gasteiger partial charge on any atom is 0.337 e. The summed E-state index contributed by atoms with van der Waals surface area (Å²) >= 11 is 0. The van der Waals surface area contributed by atoms with Gasteiger partial charge in [-0.2, -0.15) is 0 Å². The second kappa shape index (κ2) is 6.03. The summed E-state index contributed by atoms with van der Waals surface area (Å²) in [5.74, 6) is 0. The molecular formula is C14H22FNO2. The molecule has 0 atom stereocenters. The number of fused-ring (bicyclic) bond motifs is 1. The average Bonchev–Trinajstić information content (AvgIpc) is 2.63. The highest BCUT2D eigenvalue weighted by Crippen LogP contribution is 2.36. The van der Waals surface area contributed by atoms with Gasteiger partial charge in [-0.1, -0.05) is 13.8 Å². The second-order valence-corrected chi connectivity index (χ2v) is 5.53. The molecule has 0 fully saturated rings. The van der Waals surface area contributed by atoms with Crippen molar-refractivity contribution in [1.82, 2.24) is 4.57 Å². The Labute approximate surface area is 108 Å². The van der Waals surface area contributed by atoms with E-state index in [4.69, 9.17) is 4.79 Å². The molecule has 1 aromatic rings. The Kier molecular flexibility index (Phi) is 4.93. The van der Waals surface area contributed by atoms with Crippen molar-refractivity contribution in [1.29, 1.82) is 0 Å². The quantitative estimate of drug-likeness (QED) is 0.759. The van der Waals surface area contributed by atoms with Crippen LogP contribution < -0.4 is 0 Å². The van der Waals surface area contributed by atoms with Gasteiger partial charge in [-0.3, -0.25) is 9.74 Å². The van der Waals surface area contributed by atoms with Gasteiger partial charge in [-0.15, -0.1) is 0 Å². The summed E-state index contributed by atoms with van der Waals surface area (Å²) in [7, 11) is 0. The third kappa shape index (κ3) is 3.34. The molecule has 0 saturated heterocycles. The van der Waals surface area contributed by atoms with E-state index in [0.717, 1.165) is 6.54 Å². The van der Waals surface area contributed by atoms with E-state index in [-0.39, 0.29) is 6.47 Å². The molecule has 0 aliphatic heterocycles. The van der Waals surface area contributed by atoms with Gasteiger partial charge < -0.3 is 4.57 Å². The van der Waals surface area contributed by atoms with E-state index in [0.29, 0.717) is 5.41 Å². The highest BCUT2D eigenvalue weighted by Gasteiger charge is 2.27. The first kappa shape index (κ1) is 14.7. The minimum atomic E-state index is -0.292. The molecule has 0 N–H and O–H groups in total. The predicted octanol–water partition coefficient (Wildman–Crippen LogP) is 3.38. The van der Waals surface area contributed by atoms with E-state index in [2.05, 4.69) is 43.3 Å². The van der Waals surface area contributed by atoms with Gasteiger partial charge in [-0.05, 0) is 50.2 Å². The summed E-state index contributed by atoms with van der Waals surface area (Å²) in [6, 6.07) is 2.38. The number of halogens is 1. The maximum absolute atomic E-state index is 9.85. The largest absolute Gasteiger partial charge is 0.349 e. The smallest absolute Gasteiger partial charge is 0.337 e. The van der Waals surface area contributed by atoms with Crippen LogP contribution in [0.2, 0.25) is 0 Å². The monoisotopic (exact) mass is 255 g/mol. The van der Waals surface area contributed by atoms with Crippen LogP contribution in [0.25, 0.3) is 0 Å². The lowest BCUT2D eigenvalue weighted by atomic mass is 9.77. The van der Waals surface area contributed by atoms with E-state index in [1.54, 1.807) is 11.3 Å². The van der Waals surface area contributed by atoms with Gasteiger partial charge in [0.25, 0.3) is 0 Å². The van der Waals surface area contributed by atoms with Gasteiger partial charge >= 0.3 is 6.47 Å². The number of rotatable bonds is 2. The summed E-state index contributed by atoms with van der Waals surface area (Å²) in [5, 5.41) is 0. The molecule has 1 aliphatic rings. The van der Waals surface area contributed by atoms with Crippen molar-refractivity contribution in [2.75, 3.05) is 0 Å². The van der Waals surface area contributed by atoms with Crippen LogP contribution in [0.3, 0.4) is 0 Å². The van der Waals surface area contributed by atoms with Crippen LogP contribution in [-0.2, 0) is 29.1 Å². The lowest BCUT2D eigenvalue weighted by molar-refractivity contribution is -0.165. The number of hydrogen-bond donors (Lipinski definition) is 0. The molecule has 0 radical (unpaired) electrons. The fraction of sp³-hybridized carbons (Fsp3) is 0.643. The first-order valence-corrected chi connectivity index (χ1v) is 6.34. The number of aryl methyl sites for hydroxylation is 2. The molecular weight excluding hydrogens is 233 g/mol. The van der Waals surface area contributed by atoms with Gasteiger partial charge in [0.1, 0.15) is 0 Å². The minimum absolute atomic E-state index is 0.292. The van der Waals surface area contributed by atoms with Crippen molar-refractivity contribution >= 4 is 6.47 Å². The summed E-state index contributed by atoms with van der Waals surface area (Å²) in [6.45, 7) is 10.1. The van der Waals surface area contributed by atoms with E-state index in [1.165, 1.54) is 25.0 Å². The topological polar surface area (TPSA) is 31.2 Å². The zero-order chi connectivity index (χ0) is 13.8. The van der Waals surface area contributed by atoms with Crippen LogP contribution in [0.4, 0.5) is 4.53 Å². The zero-order valence-electron chi connectivity index (χ0n) is 11.6. The van der Waals surface area contributed by atoms with Gasteiger partial charge in [0.15, 0.2) is 0 Å². The van der Waals surface area contributed by atoms with Gasteiger partial charge in [0.05, 0.1) is 0 Å². The Morgan fingerprint density at radius 3 is 2.67 bits per heavy atom. The Morgan fingerprint density at radius 2 is 2.17 bits per heavy atom. The second-order valence-electron chi connectivity index (χ2n) is 5.53. The number of aromatic nitrogens is 1. The molecule has 3 nitrogen and oxygen atoms in total. The van der Waals surface area contributed by atoms with Gasteiger partial charge in [0, 0.05) is 22.5 Å². The molecule has 0 aromatic carbocycles. The molecule has 18 heavy (non-hydrogen) atoms. The lowest BCUT2D eigenvalue weighted by Crippen LogP contribution is -2.23. The fourth-order valence-corrected chi connectivity index (χ4v) is 2.68. The number of carbonyl (C=O) groups excluding carboxylic acids is 1. The average molecular weight is 255 g/mol. The summed E-state index contributed by atoms with van der Waals surface area (Å²) in [5.41, 5.74) is 5.14. The number of hydrogen-bond acceptors (Lipinski definition) is 2. The number of carbonyl (C=O) groups is 1. The number of nitrogens with zero attached hydrogens (tertiary/aromatic N) is 1. The SMILES string of the molecule is CCn1c(C)cc2c1CC(C)(C)CC2.O=COF. The van der Waals surface area contributed by atoms with E-state index < -0.39 is 0 Å². The molecule has 1 aliphatic carbocycles. The first-order valence-electron chi connectivity index (χ1n) is 6.34. The predicted molar refractivity (Wildman–Crippen MR) is 68.9 cm³/mol. The van der Waals surface area contributed by atoms with Crippen LogP contribution in [0.1, 0.15) is 44.1 Å². The molecule has 102 valence electrons. The first-order chi connectivity index (χ1) is 8.45. The van der Waals surface area contributed by atoms with Crippen molar-refractivity contribution < 1.29 is 14.3 Å². The van der Waals surface area contributed by atoms with Gasteiger partial charge in [-0.25, -0.2) is 0 Å². The van der Waals surface area contributed by atoms with Crippen molar-refractivity contribution in [3.05, 3.63) is 23.0 Å². The standard InChI is InChI=1S/C13H21N.CHFO2/c1-5-14-10(2)8-11-6-7-13(3,4)9-12(11)14;2-4-1-3/h8H,5-7,9H2,1-4H3;1H. The van der Waals surface area contributed by atoms with E-state index in [1.807, 2.05) is 0 Å². The Balaban J connectivity index is 0.000000357. The molecule has 0 saturated carbocycles. The highest BCUT2D eigenvalue weighted by molar-refractivity contribution is 5.35. The Bertz CT molecular complexity index is 410. The van der Waals surface area contributed by atoms with E-state index in [9.17, 15) is 4.53 Å². The Hall–Kier alpha value is -1.32. The van der Waals surface area contributed by atoms with Crippen molar-refractivity contribution in [2.24, 2.45) is 5.41 Å². The third-order valence-corrected chi connectivity index (χ3v) is 3.58. The lowest BCUT2D eigenvalue weighted by Gasteiger charge is -2.30. The van der Waals surface area contributed by atoms with Crippen LogP contribution in [0.15, 0.2) is 6.07 Å². The third-order valence-electron chi connectivity index (χ3n) is 3.58. The highest BCUT2D eigenvalue weighted by atomic mass is 19.3. The van der Waals surface area contributed by atoms with Crippen molar-refractivity contribution in [2.45, 2.75) is 53.5 Å². The summed E-state index contributed by atoms with van der Waals surface area (Å²) in [6.07, 6.45) is 3.87. The van der Waals surface area contributed by atoms with Crippen LogP contribution in [0.5, 0.6) is 0 Å². The molecule has 4 heteroatoms. The van der Waals surface area contributed by atoms with E-state index >= 15 is 0 Å². The molecule has 0 amide bonds. The fourth-order valence-electron chi connectivity index (χ4n) is 2.68. The summed E-state index contributed by atoms with van der Waals surface area (Å²) in [4.78, 5) is 10.9. The maximum atomic E-state index is 9.85. The van der Waals surface area contributed by atoms with Crippen molar-refractivity contribution in [3.63, 3.8) is 0 Å². The molecule has 0 unspecified atom stereocenters. The summed E-state index contributed by atoms with van der Waals surface area (Å²) < 4.78 is 12.3. The molecule has 0 spiro atoms. The molecule has 0 bridgehead atoms. The van der Waals surface area contributed by atoms with Gasteiger partial charge in [0.2, 0.25) is 0 Å². The molecule has 1 heterocycles. The van der Waals surface area contributed by atoms with Crippen LogP contribution in [-0.4, -0.2) is 11.0 Å². The molecule has 2 rings (SSSR count). The normalized spacial score (nSPS) is 16.3. The zero-order valence-corrected chi connectivity index (χ0v) is 11.6.